The molecule has 0 atom stereocenters. The number of aromatic nitrogens is 2. The molecule has 4 rings (SSSR count). The van der Waals surface area contributed by atoms with Gasteiger partial charge in [0.1, 0.15) is 11.5 Å². The van der Waals surface area contributed by atoms with E-state index in [0.29, 0.717) is 13.1 Å². The van der Waals surface area contributed by atoms with Crippen LogP contribution in [0.3, 0.4) is 0 Å². The molecule has 3 aromatic rings. The van der Waals surface area contributed by atoms with Crippen LogP contribution in [0.1, 0.15) is 5.69 Å². The third-order valence-electron chi connectivity index (χ3n) is 4.65. The number of carbonyl (C=O) groups excluding carboxylic acids is 1. The molecule has 7 heteroatoms. The Hall–Kier alpha value is -2.93. The molecule has 0 spiro atoms. The third kappa shape index (κ3) is 3.39. The number of pyridine rings is 1. The summed E-state index contributed by atoms with van der Waals surface area (Å²) in [4.78, 5) is 20.8. The first-order chi connectivity index (χ1) is 12.7. The van der Waals surface area contributed by atoms with Crippen molar-refractivity contribution in [3.05, 3.63) is 66.4 Å². The summed E-state index contributed by atoms with van der Waals surface area (Å²) in [5.41, 5.74) is 2.28. The highest BCUT2D eigenvalue weighted by atomic mass is 19.1. The molecule has 2 aromatic heterocycles. The Kier molecular flexibility index (Phi) is 4.53. The molecule has 2 amide bonds. The topological polar surface area (TPSA) is 52.9 Å². The van der Waals surface area contributed by atoms with Gasteiger partial charge in [0.25, 0.3) is 0 Å². The van der Waals surface area contributed by atoms with E-state index < -0.39 is 5.82 Å². The van der Waals surface area contributed by atoms with E-state index in [2.05, 4.69) is 19.6 Å². The molecule has 0 radical (unpaired) electrons. The smallest absolute Gasteiger partial charge is 0.322 e. The van der Waals surface area contributed by atoms with E-state index in [0.717, 1.165) is 31.0 Å². The SMILES string of the molecule is O=C(Nc1ccccc1F)N1CCN(Cc2cnc3ccccn23)CC1. The fourth-order valence-electron chi connectivity index (χ4n) is 3.20. The lowest BCUT2D eigenvalue weighted by atomic mass is 10.3. The van der Waals surface area contributed by atoms with Gasteiger partial charge in [-0.1, -0.05) is 18.2 Å². The minimum atomic E-state index is -0.424. The molecular weight excluding hydrogens is 333 g/mol. The van der Waals surface area contributed by atoms with Crippen LogP contribution in [0, 0.1) is 5.82 Å². The van der Waals surface area contributed by atoms with Crippen LogP contribution in [0.5, 0.6) is 0 Å². The zero-order valence-corrected chi connectivity index (χ0v) is 14.3. The van der Waals surface area contributed by atoms with Crippen LogP contribution in [-0.4, -0.2) is 51.4 Å². The van der Waals surface area contributed by atoms with Crippen LogP contribution in [0.2, 0.25) is 0 Å². The highest BCUT2D eigenvalue weighted by Crippen LogP contribution is 2.15. The number of hydrogen-bond acceptors (Lipinski definition) is 3. The third-order valence-corrected chi connectivity index (χ3v) is 4.65. The van der Waals surface area contributed by atoms with Gasteiger partial charge in [0.2, 0.25) is 0 Å². The van der Waals surface area contributed by atoms with E-state index in [4.69, 9.17) is 0 Å². The molecule has 26 heavy (non-hydrogen) atoms. The standard InChI is InChI=1S/C19H20FN5O/c20-16-5-1-2-6-17(16)22-19(26)24-11-9-23(10-12-24)14-15-13-21-18-7-3-4-8-25(15)18/h1-8,13H,9-12,14H2,(H,22,26). The second-order valence-electron chi connectivity index (χ2n) is 6.35. The molecule has 134 valence electrons. The number of amides is 2. The molecule has 0 bridgehead atoms. The van der Waals surface area contributed by atoms with Crippen molar-refractivity contribution in [1.29, 1.82) is 0 Å². The lowest BCUT2D eigenvalue weighted by molar-refractivity contribution is 0.142. The Balaban J connectivity index is 1.34. The van der Waals surface area contributed by atoms with Gasteiger partial charge in [-0.15, -0.1) is 0 Å². The van der Waals surface area contributed by atoms with Gasteiger partial charge in [-0.3, -0.25) is 4.90 Å². The normalized spacial score (nSPS) is 15.3. The van der Waals surface area contributed by atoms with Gasteiger partial charge in [-0.2, -0.15) is 0 Å². The lowest BCUT2D eigenvalue weighted by Gasteiger charge is -2.34. The number of fused-ring (bicyclic) bond motifs is 1. The van der Waals surface area contributed by atoms with Gasteiger partial charge in [0.05, 0.1) is 17.6 Å². The first-order valence-corrected chi connectivity index (χ1v) is 8.64. The molecule has 1 fully saturated rings. The summed E-state index contributed by atoms with van der Waals surface area (Å²) in [6.45, 7) is 3.54. The average Bonchev–Trinajstić information content (AvgIpc) is 3.07. The molecule has 6 nitrogen and oxygen atoms in total. The summed E-state index contributed by atoms with van der Waals surface area (Å²) in [6, 6.07) is 11.9. The molecule has 1 aromatic carbocycles. The summed E-state index contributed by atoms with van der Waals surface area (Å²) < 4.78 is 15.7. The fraction of sp³-hybridized carbons (Fsp3) is 0.263. The highest BCUT2D eigenvalue weighted by Gasteiger charge is 2.22. The van der Waals surface area contributed by atoms with E-state index in [9.17, 15) is 9.18 Å². The number of hydrogen-bond donors (Lipinski definition) is 1. The number of halogens is 1. The number of anilines is 1. The molecule has 1 saturated heterocycles. The van der Waals surface area contributed by atoms with Crippen molar-refractivity contribution < 1.29 is 9.18 Å². The van der Waals surface area contributed by atoms with E-state index >= 15 is 0 Å². The van der Waals surface area contributed by atoms with E-state index in [1.807, 2.05) is 30.6 Å². The molecule has 3 heterocycles. The predicted octanol–water partition coefficient (Wildman–Crippen LogP) is 2.82. The van der Waals surface area contributed by atoms with Crippen LogP contribution >= 0.6 is 0 Å². The number of rotatable bonds is 3. The summed E-state index contributed by atoms with van der Waals surface area (Å²) >= 11 is 0. The largest absolute Gasteiger partial charge is 0.322 e. The Morgan fingerprint density at radius 2 is 1.85 bits per heavy atom. The Morgan fingerprint density at radius 3 is 2.65 bits per heavy atom. The quantitative estimate of drug-likeness (QED) is 0.788. The summed E-state index contributed by atoms with van der Waals surface area (Å²) in [5, 5.41) is 2.64. The van der Waals surface area contributed by atoms with Crippen molar-refractivity contribution >= 4 is 17.4 Å². The van der Waals surface area contributed by atoms with Crippen LogP contribution in [0.4, 0.5) is 14.9 Å². The number of para-hydroxylation sites is 1. The molecule has 0 unspecified atom stereocenters. The lowest BCUT2D eigenvalue weighted by Crippen LogP contribution is -2.49. The predicted molar refractivity (Wildman–Crippen MR) is 97.5 cm³/mol. The van der Waals surface area contributed by atoms with Gasteiger partial charge in [-0.05, 0) is 24.3 Å². The highest BCUT2D eigenvalue weighted by molar-refractivity contribution is 5.89. The van der Waals surface area contributed by atoms with Crippen LogP contribution in [0.15, 0.2) is 54.9 Å². The van der Waals surface area contributed by atoms with Gasteiger partial charge in [0, 0.05) is 38.9 Å². The minimum absolute atomic E-state index is 0.214. The second-order valence-corrected chi connectivity index (χ2v) is 6.35. The molecule has 0 saturated carbocycles. The average molecular weight is 353 g/mol. The van der Waals surface area contributed by atoms with Crippen LogP contribution < -0.4 is 5.32 Å². The monoisotopic (exact) mass is 353 g/mol. The summed E-state index contributed by atoms with van der Waals surface area (Å²) in [5.74, 6) is -0.424. The maximum absolute atomic E-state index is 13.7. The van der Waals surface area contributed by atoms with Crippen molar-refractivity contribution in [2.24, 2.45) is 0 Å². The zero-order chi connectivity index (χ0) is 17.9. The molecular formula is C19H20FN5O. The van der Waals surface area contributed by atoms with Crippen molar-refractivity contribution in [3.8, 4) is 0 Å². The number of nitrogens with zero attached hydrogens (tertiary/aromatic N) is 4. The van der Waals surface area contributed by atoms with Crippen LogP contribution in [0.25, 0.3) is 5.65 Å². The van der Waals surface area contributed by atoms with Gasteiger partial charge in [-0.25, -0.2) is 14.2 Å². The van der Waals surface area contributed by atoms with Crippen molar-refractivity contribution in [2.45, 2.75) is 6.54 Å². The molecule has 0 aliphatic carbocycles. The van der Waals surface area contributed by atoms with Crippen molar-refractivity contribution in [3.63, 3.8) is 0 Å². The number of imidazole rings is 1. The minimum Gasteiger partial charge on any atom is -0.322 e. The molecule has 1 N–H and O–H groups in total. The first kappa shape index (κ1) is 16.5. The molecule has 1 aliphatic rings. The molecule has 1 aliphatic heterocycles. The number of urea groups is 1. The Bertz CT molecular complexity index is 917. The van der Waals surface area contributed by atoms with Gasteiger partial charge >= 0.3 is 6.03 Å². The van der Waals surface area contributed by atoms with E-state index in [-0.39, 0.29) is 11.7 Å². The van der Waals surface area contributed by atoms with E-state index in [1.165, 1.54) is 6.07 Å². The summed E-state index contributed by atoms with van der Waals surface area (Å²) in [6.07, 6.45) is 3.91. The number of benzene rings is 1. The number of piperazine rings is 1. The van der Waals surface area contributed by atoms with Gasteiger partial charge in [0.15, 0.2) is 0 Å². The maximum Gasteiger partial charge on any atom is 0.322 e. The second kappa shape index (κ2) is 7.13. The fourth-order valence-corrected chi connectivity index (χ4v) is 3.20. The summed E-state index contributed by atoms with van der Waals surface area (Å²) in [7, 11) is 0. The maximum atomic E-state index is 13.7. The number of nitrogens with one attached hydrogen (secondary N) is 1. The van der Waals surface area contributed by atoms with E-state index in [1.54, 1.807) is 23.1 Å². The Morgan fingerprint density at radius 1 is 1.08 bits per heavy atom. The first-order valence-electron chi connectivity index (χ1n) is 8.64. The zero-order valence-electron chi connectivity index (χ0n) is 14.3. The Labute approximate surface area is 150 Å². The number of carbonyl (C=O) groups is 1. The van der Waals surface area contributed by atoms with Crippen LogP contribution in [-0.2, 0) is 6.54 Å². The van der Waals surface area contributed by atoms with Crippen molar-refractivity contribution in [1.82, 2.24) is 19.2 Å². The van der Waals surface area contributed by atoms with Gasteiger partial charge < -0.3 is 14.6 Å². The van der Waals surface area contributed by atoms with Crippen molar-refractivity contribution in [2.75, 3.05) is 31.5 Å².